The molecule has 1 aliphatic heterocycles. The maximum absolute atomic E-state index is 12.4. The van der Waals surface area contributed by atoms with Crippen molar-refractivity contribution in [1.82, 2.24) is 20.8 Å². The Labute approximate surface area is 175 Å². The number of hydrogen-bond acceptors (Lipinski definition) is 6. The summed E-state index contributed by atoms with van der Waals surface area (Å²) in [5.41, 5.74) is 0.426. The monoisotopic (exact) mass is 419 g/mol. The third-order valence-electron chi connectivity index (χ3n) is 4.64. The second-order valence-corrected chi connectivity index (χ2v) is 9.20. The van der Waals surface area contributed by atoms with Crippen molar-refractivity contribution >= 4 is 29.2 Å². The number of aromatic amines is 1. The van der Waals surface area contributed by atoms with E-state index < -0.39 is 17.7 Å². The molecule has 2 aromatic heterocycles. The number of ether oxygens (including phenoxy) is 1. The lowest BCUT2D eigenvalue weighted by atomic mass is 10.0. The second-order valence-electron chi connectivity index (χ2n) is 8.25. The van der Waals surface area contributed by atoms with Gasteiger partial charge in [-0.3, -0.25) is 9.89 Å². The predicted molar refractivity (Wildman–Crippen MR) is 114 cm³/mol. The van der Waals surface area contributed by atoms with Gasteiger partial charge in [0.15, 0.2) is 5.82 Å². The number of rotatable bonds is 5. The van der Waals surface area contributed by atoms with Crippen molar-refractivity contribution in [2.75, 3.05) is 18.0 Å². The third-order valence-corrected chi connectivity index (χ3v) is 5.55. The molecule has 1 unspecified atom stereocenters. The Morgan fingerprint density at radius 1 is 1.34 bits per heavy atom. The van der Waals surface area contributed by atoms with Crippen LogP contribution in [0.1, 0.15) is 40.5 Å². The SMILES string of the molecule is CC(NC(=O)OC(C)(C)C)C(=O)NC1CCN(c2cc(-c3cccs3)[nH]n2)CC1. The fourth-order valence-corrected chi connectivity index (χ4v) is 3.85. The molecule has 0 spiro atoms. The van der Waals surface area contributed by atoms with Crippen LogP contribution in [0.4, 0.5) is 10.6 Å². The Bertz CT molecular complexity index is 820. The number of nitrogens with zero attached hydrogens (tertiary/aromatic N) is 2. The molecule has 9 heteroatoms. The number of amides is 2. The summed E-state index contributed by atoms with van der Waals surface area (Å²) in [4.78, 5) is 27.6. The Balaban J connectivity index is 1.45. The average Bonchev–Trinajstić information content (AvgIpc) is 3.32. The molecule has 0 radical (unpaired) electrons. The number of thiophene rings is 1. The molecular weight excluding hydrogens is 390 g/mol. The lowest BCUT2D eigenvalue weighted by Gasteiger charge is -2.33. The summed E-state index contributed by atoms with van der Waals surface area (Å²) in [5.74, 6) is 0.729. The maximum Gasteiger partial charge on any atom is 0.408 e. The van der Waals surface area contributed by atoms with Gasteiger partial charge in [0.05, 0.1) is 10.6 Å². The fraction of sp³-hybridized carbons (Fsp3) is 0.550. The highest BCUT2D eigenvalue weighted by atomic mass is 32.1. The molecule has 0 saturated carbocycles. The smallest absolute Gasteiger partial charge is 0.408 e. The number of aromatic nitrogens is 2. The summed E-state index contributed by atoms with van der Waals surface area (Å²) in [6, 6.07) is 5.58. The van der Waals surface area contributed by atoms with Crippen LogP contribution in [0.2, 0.25) is 0 Å². The third kappa shape index (κ3) is 5.96. The first-order valence-electron chi connectivity index (χ1n) is 9.85. The van der Waals surface area contributed by atoms with E-state index in [9.17, 15) is 9.59 Å². The van der Waals surface area contributed by atoms with Crippen LogP contribution in [0.5, 0.6) is 0 Å². The van der Waals surface area contributed by atoms with Gasteiger partial charge in [0.1, 0.15) is 11.6 Å². The second kappa shape index (κ2) is 8.86. The van der Waals surface area contributed by atoms with Crippen LogP contribution in [0.15, 0.2) is 23.6 Å². The van der Waals surface area contributed by atoms with Gasteiger partial charge in [-0.1, -0.05) is 6.07 Å². The highest BCUT2D eigenvalue weighted by molar-refractivity contribution is 7.13. The molecule has 2 amide bonds. The number of hydrogen-bond donors (Lipinski definition) is 3. The normalized spacial score (nSPS) is 16.3. The first kappa shape index (κ1) is 21.2. The van der Waals surface area contributed by atoms with E-state index in [1.165, 1.54) is 0 Å². The molecule has 3 rings (SSSR count). The van der Waals surface area contributed by atoms with E-state index in [1.807, 2.05) is 11.4 Å². The molecule has 1 fully saturated rings. The molecule has 8 nitrogen and oxygen atoms in total. The standard InChI is InChI=1S/C20H29N5O3S/c1-13(21-19(27)28-20(2,3)4)18(26)22-14-7-9-25(10-8-14)17-12-15(23-24-17)16-6-5-11-29-16/h5-6,11-14H,7-10H2,1-4H3,(H,21,27)(H,22,26)(H,23,24). The van der Waals surface area contributed by atoms with E-state index >= 15 is 0 Å². The Kier molecular flexibility index (Phi) is 6.46. The van der Waals surface area contributed by atoms with Gasteiger partial charge in [-0.05, 0) is 52.0 Å². The van der Waals surface area contributed by atoms with E-state index in [1.54, 1.807) is 39.0 Å². The van der Waals surface area contributed by atoms with Crippen molar-refractivity contribution in [3.8, 4) is 10.6 Å². The lowest BCUT2D eigenvalue weighted by Crippen LogP contribution is -2.51. The molecule has 1 atom stereocenters. The Morgan fingerprint density at radius 3 is 2.69 bits per heavy atom. The number of carbonyl (C=O) groups is 2. The van der Waals surface area contributed by atoms with Crippen molar-refractivity contribution in [1.29, 1.82) is 0 Å². The summed E-state index contributed by atoms with van der Waals surface area (Å²) >= 11 is 1.68. The molecule has 29 heavy (non-hydrogen) atoms. The minimum Gasteiger partial charge on any atom is -0.444 e. The maximum atomic E-state index is 12.4. The fourth-order valence-electron chi connectivity index (χ4n) is 3.16. The van der Waals surface area contributed by atoms with Gasteiger partial charge in [0.25, 0.3) is 0 Å². The van der Waals surface area contributed by atoms with Crippen LogP contribution in [-0.4, -0.2) is 53.0 Å². The summed E-state index contributed by atoms with van der Waals surface area (Å²) < 4.78 is 5.19. The van der Waals surface area contributed by atoms with E-state index in [-0.39, 0.29) is 11.9 Å². The van der Waals surface area contributed by atoms with Gasteiger partial charge in [-0.15, -0.1) is 11.3 Å². The van der Waals surface area contributed by atoms with E-state index in [0.29, 0.717) is 0 Å². The largest absolute Gasteiger partial charge is 0.444 e. The molecule has 0 bridgehead atoms. The van der Waals surface area contributed by atoms with Gasteiger partial charge in [0, 0.05) is 25.2 Å². The van der Waals surface area contributed by atoms with Gasteiger partial charge in [0.2, 0.25) is 5.91 Å². The number of carbonyl (C=O) groups excluding carboxylic acids is 2. The van der Waals surface area contributed by atoms with E-state index in [2.05, 4.69) is 37.9 Å². The number of anilines is 1. The first-order chi connectivity index (χ1) is 13.7. The average molecular weight is 420 g/mol. The molecule has 158 valence electrons. The molecule has 2 aromatic rings. The molecule has 3 heterocycles. The molecule has 0 aliphatic carbocycles. The van der Waals surface area contributed by atoms with Crippen molar-refractivity contribution in [3.05, 3.63) is 23.6 Å². The van der Waals surface area contributed by atoms with Crippen molar-refractivity contribution in [2.24, 2.45) is 0 Å². The van der Waals surface area contributed by atoms with Gasteiger partial charge in [-0.25, -0.2) is 4.79 Å². The lowest BCUT2D eigenvalue weighted by molar-refractivity contribution is -0.123. The quantitative estimate of drug-likeness (QED) is 0.691. The Hall–Kier alpha value is -2.55. The van der Waals surface area contributed by atoms with Crippen LogP contribution in [-0.2, 0) is 9.53 Å². The Morgan fingerprint density at radius 2 is 2.07 bits per heavy atom. The minimum absolute atomic E-state index is 0.0809. The topological polar surface area (TPSA) is 99.3 Å². The number of nitrogens with one attached hydrogen (secondary N) is 3. The zero-order valence-electron chi connectivity index (χ0n) is 17.3. The predicted octanol–water partition coefficient (Wildman–Crippen LogP) is 3.14. The molecule has 0 aromatic carbocycles. The van der Waals surface area contributed by atoms with Crippen LogP contribution in [0.25, 0.3) is 10.6 Å². The summed E-state index contributed by atoms with van der Waals surface area (Å²) in [7, 11) is 0. The van der Waals surface area contributed by atoms with E-state index in [4.69, 9.17) is 4.74 Å². The van der Waals surface area contributed by atoms with Gasteiger partial charge < -0.3 is 20.3 Å². The molecular formula is C20H29N5O3S. The zero-order valence-corrected chi connectivity index (χ0v) is 18.1. The summed E-state index contributed by atoms with van der Waals surface area (Å²) in [6.45, 7) is 8.64. The van der Waals surface area contributed by atoms with Crippen LogP contribution in [0.3, 0.4) is 0 Å². The number of H-pyrrole nitrogens is 1. The van der Waals surface area contributed by atoms with Crippen LogP contribution < -0.4 is 15.5 Å². The highest BCUT2D eigenvalue weighted by Gasteiger charge is 2.26. The molecule has 1 saturated heterocycles. The minimum atomic E-state index is -0.650. The van der Waals surface area contributed by atoms with Crippen LogP contribution in [0, 0.1) is 0 Å². The first-order valence-corrected chi connectivity index (χ1v) is 10.7. The van der Waals surface area contributed by atoms with Gasteiger partial charge >= 0.3 is 6.09 Å². The van der Waals surface area contributed by atoms with Crippen molar-refractivity contribution in [3.63, 3.8) is 0 Å². The van der Waals surface area contributed by atoms with Gasteiger partial charge in [-0.2, -0.15) is 5.10 Å². The van der Waals surface area contributed by atoms with Crippen molar-refractivity contribution in [2.45, 2.75) is 58.2 Å². The number of alkyl carbamates (subject to hydrolysis) is 1. The highest BCUT2D eigenvalue weighted by Crippen LogP contribution is 2.27. The van der Waals surface area contributed by atoms with E-state index in [0.717, 1.165) is 42.3 Å². The zero-order chi connectivity index (χ0) is 21.0. The number of piperidine rings is 1. The van der Waals surface area contributed by atoms with Crippen LogP contribution >= 0.6 is 11.3 Å². The molecule has 1 aliphatic rings. The summed E-state index contributed by atoms with van der Waals surface area (Å²) in [5, 5.41) is 15.2. The summed E-state index contributed by atoms with van der Waals surface area (Å²) in [6.07, 6.45) is 1.06. The molecule has 3 N–H and O–H groups in total. The van der Waals surface area contributed by atoms with Crippen molar-refractivity contribution < 1.29 is 14.3 Å².